The molecule has 0 amide bonds. The van der Waals surface area contributed by atoms with Gasteiger partial charge in [-0.3, -0.25) is 0 Å². The summed E-state index contributed by atoms with van der Waals surface area (Å²) in [6, 6.07) is 0. The second-order valence-corrected chi connectivity index (χ2v) is 6.86. The lowest BCUT2D eigenvalue weighted by molar-refractivity contribution is -0.917. The predicted molar refractivity (Wildman–Crippen MR) is 78.1 cm³/mol. The first-order chi connectivity index (χ1) is 7.83. The lowest BCUT2D eigenvalue weighted by atomic mass is 10.2. The molecule has 0 radical (unpaired) electrons. The summed E-state index contributed by atoms with van der Waals surface area (Å²) < 4.78 is 2.39. The maximum atomic E-state index is 2.46. The standard InChI is InChI=1S/C15H36N2/c1-7-9-13-17(6,14-10-8-2)15-11-12-16(3,4)5/h7-15H2,1-6H3/q+2. The van der Waals surface area contributed by atoms with Crippen molar-refractivity contribution in [3.63, 3.8) is 0 Å². The molecule has 0 aromatic heterocycles. The smallest absolute Gasteiger partial charge is 0.0838 e. The fourth-order valence-electron chi connectivity index (χ4n) is 2.34. The van der Waals surface area contributed by atoms with E-state index in [1.165, 1.54) is 62.8 Å². The van der Waals surface area contributed by atoms with Crippen molar-refractivity contribution in [3.8, 4) is 0 Å². The van der Waals surface area contributed by atoms with Gasteiger partial charge in [0, 0.05) is 6.42 Å². The monoisotopic (exact) mass is 244 g/mol. The molecular weight excluding hydrogens is 208 g/mol. The molecule has 0 saturated carbocycles. The van der Waals surface area contributed by atoms with E-state index in [1.54, 1.807) is 0 Å². The lowest BCUT2D eigenvalue weighted by Gasteiger charge is -2.36. The summed E-state index contributed by atoms with van der Waals surface area (Å²) in [6.45, 7) is 10.00. The van der Waals surface area contributed by atoms with Crippen molar-refractivity contribution < 1.29 is 8.97 Å². The van der Waals surface area contributed by atoms with Crippen LogP contribution >= 0.6 is 0 Å². The highest BCUT2D eigenvalue weighted by Crippen LogP contribution is 2.11. The number of hydrogen-bond acceptors (Lipinski definition) is 0. The fourth-order valence-corrected chi connectivity index (χ4v) is 2.34. The van der Waals surface area contributed by atoms with Gasteiger partial charge < -0.3 is 8.97 Å². The van der Waals surface area contributed by atoms with Crippen LogP contribution in [0.5, 0.6) is 0 Å². The molecule has 17 heavy (non-hydrogen) atoms. The average molecular weight is 244 g/mol. The molecule has 0 aromatic rings. The number of nitrogens with zero attached hydrogens (tertiary/aromatic N) is 2. The van der Waals surface area contributed by atoms with E-state index >= 15 is 0 Å². The van der Waals surface area contributed by atoms with Gasteiger partial charge >= 0.3 is 0 Å². The summed E-state index contributed by atoms with van der Waals surface area (Å²) in [4.78, 5) is 0. The summed E-state index contributed by atoms with van der Waals surface area (Å²) in [6.07, 6.45) is 6.77. The van der Waals surface area contributed by atoms with E-state index in [-0.39, 0.29) is 0 Å². The Balaban J connectivity index is 4.08. The Hall–Kier alpha value is -0.0800. The Kier molecular flexibility index (Phi) is 8.06. The van der Waals surface area contributed by atoms with Crippen molar-refractivity contribution in [3.05, 3.63) is 0 Å². The van der Waals surface area contributed by atoms with Crippen LogP contribution in [-0.4, -0.2) is 63.3 Å². The molecule has 0 spiro atoms. The van der Waals surface area contributed by atoms with Crippen molar-refractivity contribution in [1.82, 2.24) is 0 Å². The third-order valence-electron chi connectivity index (χ3n) is 3.63. The number of hydrogen-bond donors (Lipinski definition) is 0. The largest absolute Gasteiger partial charge is 0.331 e. The highest BCUT2D eigenvalue weighted by molar-refractivity contribution is 4.44. The van der Waals surface area contributed by atoms with Gasteiger partial charge in [-0.25, -0.2) is 0 Å². The van der Waals surface area contributed by atoms with E-state index in [4.69, 9.17) is 0 Å². The van der Waals surface area contributed by atoms with E-state index in [2.05, 4.69) is 42.0 Å². The molecule has 0 saturated heterocycles. The minimum Gasteiger partial charge on any atom is -0.331 e. The van der Waals surface area contributed by atoms with Gasteiger partial charge in [-0.05, 0) is 12.8 Å². The average Bonchev–Trinajstić information content (AvgIpc) is 2.22. The predicted octanol–water partition coefficient (Wildman–Crippen LogP) is 3.13. The van der Waals surface area contributed by atoms with Crippen LogP contribution in [-0.2, 0) is 0 Å². The summed E-state index contributed by atoms with van der Waals surface area (Å²) in [7, 11) is 9.34. The van der Waals surface area contributed by atoms with Crippen molar-refractivity contribution in [2.24, 2.45) is 0 Å². The SMILES string of the molecule is CCCC[N+](C)(CCCC)CCC[N+](C)(C)C. The maximum absolute atomic E-state index is 2.46. The van der Waals surface area contributed by atoms with Crippen LogP contribution in [0.3, 0.4) is 0 Å². The maximum Gasteiger partial charge on any atom is 0.0838 e. The molecular formula is C15H36N2+2. The molecule has 0 aliphatic carbocycles. The van der Waals surface area contributed by atoms with E-state index in [9.17, 15) is 0 Å². The van der Waals surface area contributed by atoms with Crippen molar-refractivity contribution in [2.45, 2.75) is 46.0 Å². The van der Waals surface area contributed by atoms with Gasteiger partial charge in [0.05, 0.1) is 54.4 Å². The molecule has 0 aliphatic heterocycles. The van der Waals surface area contributed by atoms with Crippen LogP contribution in [0.2, 0.25) is 0 Å². The molecule has 104 valence electrons. The molecule has 0 unspecified atom stereocenters. The summed E-state index contributed by atoms with van der Waals surface area (Å²) in [5.74, 6) is 0. The van der Waals surface area contributed by atoms with Crippen LogP contribution in [0.25, 0.3) is 0 Å². The molecule has 0 N–H and O–H groups in total. The third-order valence-corrected chi connectivity index (χ3v) is 3.63. The van der Waals surface area contributed by atoms with Crippen LogP contribution in [0, 0.1) is 0 Å². The van der Waals surface area contributed by atoms with Gasteiger partial charge in [-0.2, -0.15) is 0 Å². The topological polar surface area (TPSA) is 0 Å². The highest BCUT2D eigenvalue weighted by Gasteiger charge is 2.21. The Bertz CT molecular complexity index is 174. The van der Waals surface area contributed by atoms with Crippen LogP contribution < -0.4 is 0 Å². The van der Waals surface area contributed by atoms with E-state index in [0.717, 1.165) is 4.48 Å². The molecule has 0 atom stereocenters. The van der Waals surface area contributed by atoms with E-state index in [1.807, 2.05) is 0 Å². The van der Waals surface area contributed by atoms with Gasteiger partial charge in [-0.1, -0.05) is 26.7 Å². The summed E-state index contributed by atoms with van der Waals surface area (Å²) in [5, 5.41) is 0. The normalized spacial score (nSPS) is 13.1. The molecule has 0 rings (SSSR count). The van der Waals surface area contributed by atoms with Crippen molar-refractivity contribution in [2.75, 3.05) is 54.4 Å². The zero-order valence-corrected chi connectivity index (χ0v) is 13.3. The Morgan fingerprint density at radius 3 is 1.35 bits per heavy atom. The molecule has 0 aromatic carbocycles. The zero-order valence-electron chi connectivity index (χ0n) is 13.3. The first kappa shape index (κ1) is 16.9. The quantitative estimate of drug-likeness (QED) is 0.518. The Labute approximate surface area is 110 Å². The number of rotatable bonds is 10. The van der Waals surface area contributed by atoms with Gasteiger partial charge in [-0.15, -0.1) is 0 Å². The van der Waals surface area contributed by atoms with Crippen molar-refractivity contribution >= 4 is 0 Å². The van der Waals surface area contributed by atoms with E-state index < -0.39 is 0 Å². The lowest BCUT2D eigenvalue weighted by Crippen LogP contribution is -2.48. The van der Waals surface area contributed by atoms with E-state index in [0.29, 0.717) is 0 Å². The van der Waals surface area contributed by atoms with Gasteiger partial charge in [0.1, 0.15) is 0 Å². The van der Waals surface area contributed by atoms with Gasteiger partial charge in [0.25, 0.3) is 0 Å². The minimum atomic E-state index is 1.10. The summed E-state index contributed by atoms with van der Waals surface area (Å²) in [5.41, 5.74) is 0. The third kappa shape index (κ3) is 9.61. The minimum absolute atomic E-state index is 1.10. The Morgan fingerprint density at radius 2 is 1.00 bits per heavy atom. The Morgan fingerprint density at radius 1 is 0.588 bits per heavy atom. The van der Waals surface area contributed by atoms with Crippen LogP contribution in [0.1, 0.15) is 46.0 Å². The first-order valence-electron chi connectivity index (χ1n) is 7.47. The molecule has 0 fully saturated rings. The fraction of sp³-hybridized carbons (Fsp3) is 1.00. The molecule has 0 bridgehead atoms. The zero-order chi connectivity index (χ0) is 13.4. The number of quaternary nitrogens is 2. The van der Waals surface area contributed by atoms with Gasteiger partial charge in [0.2, 0.25) is 0 Å². The second kappa shape index (κ2) is 8.10. The molecule has 2 heteroatoms. The van der Waals surface area contributed by atoms with Crippen LogP contribution in [0.4, 0.5) is 0 Å². The highest BCUT2D eigenvalue weighted by atomic mass is 15.3. The first-order valence-corrected chi connectivity index (χ1v) is 7.47. The van der Waals surface area contributed by atoms with Crippen molar-refractivity contribution in [1.29, 1.82) is 0 Å². The number of unbranched alkanes of at least 4 members (excludes halogenated alkanes) is 2. The molecule has 0 heterocycles. The molecule has 2 nitrogen and oxygen atoms in total. The second-order valence-electron chi connectivity index (χ2n) is 6.86. The molecule has 0 aliphatic rings. The van der Waals surface area contributed by atoms with Gasteiger partial charge in [0.15, 0.2) is 0 Å². The van der Waals surface area contributed by atoms with Crippen LogP contribution in [0.15, 0.2) is 0 Å². The summed E-state index contributed by atoms with van der Waals surface area (Å²) >= 11 is 0.